The highest BCUT2D eigenvalue weighted by molar-refractivity contribution is 5.95. The molecule has 0 spiro atoms. The second kappa shape index (κ2) is 6.23. The Morgan fingerprint density at radius 2 is 1.77 bits per heavy atom. The topological polar surface area (TPSA) is 46.2 Å². The maximum absolute atomic E-state index is 12.7. The van der Waals surface area contributed by atoms with Gasteiger partial charge >= 0.3 is 0 Å². The molecule has 1 aromatic carbocycles. The molecule has 1 aromatic rings. The first kappa shape index (κ1) is 15.3. The number of benzene rings is 1. The van der Waals surface area contributed by atoms with Gasteiger partial charge in [-0.15, -0.1) is 0 Å². The summed E-state index contributed by atoms with van der Waals surface area (Å²) >= 11 is 0. The number of Topliss-reactive ketones (excluding diaryl/α,β-unsaturated/α-hetero) is 1. The van der Waals surface area contributed by atoms with Gasteiger partial charge in [0.1, 0.15) is 5.78 Å². The van der Waals surface area contributed by atoms with E-state index in [1.807, 2.05) is 18.2 Å². The van der Waals surface area contributed by atoms with Crippen LogP contribution in [-0.2, 0) is 9.59 Å². The van der Waals surface area contributed by atoms with Crippen molar-refractivity contribution in [1.29, 1.82) is 0 Å². The first-order chi connectivity index (χ1) is 10.6. The molecule has 2 aliphatic carbocycles. The molecule has 0 heterocycles. The van der Waals surface area contributed by atoms with Crippen molar-refractivity contribution in [2.75, 3.05) is 5.32 Å². The SMILES string of the molecule is CC(C)c1ccccc1NC(=O)C1CC2CCCC(C1)C2=O. The molecule has 2 atom stereocenters. The summed E-state index contributed by atoms with van der Waals surface area (Å²) < 4.78 is 0. The zero-order chi connectivity index (χ0) is 15.7. The number of fused-ring (bicyclic) bond motifs is 2. The number of carbonyl (C=O) groups is 2. The smallest absolute Gasteiger partial charge is 0.227 e. The highest BCUT2D eigenvalue weighted by Crippen LogP contribution is 2.40. The molecule has 2 unspecified atom stereocenters. The van der Waals surface area contributed by atoms with E-state index in [-0.39, 0.29) is 23.7 Å². The summed E-state index contributed by atoms with van der Waals surface area (Å²) in [7, 11) is 0. The average Bonchev–Trinajstić information content (AvgIpc) is 2.47. The molecule has 2 fully saturated rings. The molecule has 3 heteroatoms. The number of anilines is 1. The second-order valence-electron chi connectivity index (χ2n) is 7.13. The van der Waals surface area contributed by atoms with Crippen LogP contribution in [0.4, 0.5) is 5.69 Å². The van der Waals surface area contributed by atoms with Gasteiger partial charge in [0.25, 0.3) is 0 Å². The highest BCUT2D eigenvalue weighted by Gasteiger charge is 2.41. The Kier molecular flexibility index (Phi) is 4.32. The number of nitrogens with one attached hydrogen (secondary N) is 1. The molecule has 22 heavy (non-hydrogen) atoms. The zero-order valence-electron chi connectivity index (χ0n) is 13.5. The molecule has 1 N–H and O–H groups in total. The molecule has 2 bridgehead atoms. The van der Waals surface area contributed by atoms with E-state index in [0.717, 1.165) is 37.8 Å². The molecule has 0 saturated heterocycles. The lowest BCUT2D eigenvalue weighted by Crippen LogP contribution is -2.40. The van der Waals surface area contributed by atoms with Crippen molar-refractivity contribution in [3.05, 3.63) is 29.8 Å². The molecule has 2 saturated carbocycles. The Balaban J connectivity index is 1.72. The van der Waals surface area contributed by atoms with Crippen molar-refractivity contribution in [2.24, 2.45) is 17.8 Å². The maximum Gasteiger partial charge on any atom is 0.227 e. The van der Waals surface area contributed by atoms with E-state index < -0.39 is 0 Å². The van der Waals surface area contributed by atoms with Gasteiger partial charge in [-0.05, 0) is 43.2 Å². The Morgan fingerprint density at radius 3 is 2.41 bits per heavy atom. The lowest BCUT2D eigenvalue weighted by Gasteiger charge is -2.37. The van der Waals surface area contributed by atoms with E-state index >= 15 is 0 Å². The van der Waals surface area contributed by atoms with Crippen LogP contribution in [0, 0.1) is 17.8 Å². The van der Waals surface area contributed by atoms with Gasteiger partial charge in [0.2, 0.25) is 5.91 Å². The van der Waals surface area contributed by atoms with Gasteiger partial charge in [-0.3, -0.25) is 9.59 Å². The summed E-state index contributed by atoms with van der Waals surface area (Å²) in [4.78, 5) is 24.8. The number of hydrogen-bond acceptors (Lipinski definition) is 2. The van der Waals surface area contributed by atoms with Crippen LogP contribution in [-0.4, -0.2) is 11.7 Å². The number of ketones is 1. The summed E-state index contributed by atoms with van der Waals surface area (Å²) in [6, 6.07) is 8.01. The fourth-order valence-corrected chi connectivity index (χ4v) is 4.04. The van der Waals surface area contributed by atoms with Crippen molar-refractivity contribution in [1.82, 2.24) is 0 Å². The third-order valence-electron chi connectivity index (χ3n) is 5.26. The molecular formula is C19H25NO2. The van der Waals surface area contributed by atoms with Crippen molar-refractivity contribution in [3.8, 4) is 0 Å². The summed E-state index contributed by atoms with van der Waals surface area (Å²) in [5.74, 6) is 1.14. The summed E-state index contributed by atoms with van der Waals surface area (Å²) in [5.41, 5.74) is 2.09. The fraction of sp³-hybridized carbons (Fsp3) is 0.579. The number of carbonyl (C=O) groups excluding carboxylic acids is 2. The van der Waals surface area contributed by atoms with E-state index in [4.69, 9.17) is 0 Å². The van der Waals surface area contributed by atoms with Gasteiger partial charge in [0.05, 0.1) is 0 Å². The molecule has 2 aliphatic rings. The lowest BCUT2D eigenvalue weighted by atomic mass is 9.67. The Hall–Kier alpha value is -1.64. The van der Waals surface area contributed by atoms with E-state index in [2.05, 4.69) is 25.2 Å². The summed E-state index contributed by atoms with van der Waals surface area (Å²) in [6.45, 7) is 4.27. The molecule has 0 aromatic heterocycles. The number of amides is 1. The lowest BCUT2D eigenvalue weighted by molar-refractivity contribution is -0.136. The third kappa shape index (κ3) is 2.94. The van der Waals surface area contributed by atoms with Crippen LogP contribution >= 0.6 is 0 Å². The standard InChI is InChI=1S/C19H25NO2/c1-12(2)16-8-3-4-9-17(16)20-19(22)15-10-13-6-5-7-14(11-15)18(13)21/h3-4,8-9,12-15H,5-7,10-11H2,1-2H3,(H,20,22). The van der Waals surface area contributed by atoms with Gasteiger partial charge in [0, 0.05) is 23.4 Å². The first-order valence-corrected chi connectivity index (χ1v) is 8.49. The predicted octanol–water partition coefficient (Wildman–Crippen LogP) is 4.14. The van der Waals surface area contributed by atoms with Crippen LogP contribution in [0.25, 0.3) is 0 Å². The average molecular weight is 299 g/mol. The summed E-state index contributed by atoms with van der Waals surface area (Å²) in [6.07, 6.45) is 4.57. The molecule has 118 valence electrons. The molecule has 1 amide bonds. The number of hydrogen-bond donors (Lipinski definition) is 1. The van der Waals surface area contributed by atoms with Crippen LogP contribution in [0.2, 0.25) is 0 Å². The Labute approximate surface area is 132 Å². The van der Waals surface area contributed by atoms with E-state index in [9.17, 15) is 9.59 Å². The Bertz CT molecular complexity index is 563. The van der Waals surface area contributed by atoms with Crippen LogP contribution in [0.15, 0.2) is 24.3 Å². The maximum atomic E-state index is 12.7. The Morgan fingerprint density at radius 1 is 1.14 bits per heavy atom. The zero-order valence-corrected chi connectivity index (χ0v) is 13.5. The molecule has 3 rings (SSSR count). The molecule has 3 nitrogen and oxygen atoms in total. The number of para-hydroxylation sites is 1. The first-order valence-electron chi connectivity index (χ1n) is 8.49. The minimum atomic E-state index is -0.00628. The fourth-order valence-electron chi connectivity index (χ4n) is 4.04. The predicted molar refractivity (Wildman–Crippen MR) is 87.7 cm³/mol. The van der Waals surface area contributed by atoms with Crippen molar-refractivity contribution < 1.29 is 9.59 Å². The van der Waals surface area contributed by atoms with Crippen LogP contribution < -0.4 is 5.32 Å². The van der Waals surface area contributed by atoms with Gasteiger partial charge < -0.3 is 5.32 Å². The van der Waals surface area contributed by atoms with Gasteiger partial charge in [-0.2, -0.15) is 0 Å². The van der Waals surface area contributed by atoms with Crippen LogP contribution in [0.5, 0.6) is 0 Å². The van der Waals surface area contributed by atoms with E-state index in [0.29, 0.717) is 11.7 Å². The summed E-state index contributed by atoms with van der Waals surface area (Å²) in [5, 5.41) is 3.12. The number of rotatable bonds is 3. The molecular weight excluding hydrogens is 274 g/mol. The van der Waals surface area contributed by atoms with E-state index in [1.54, 1.807) is 0 Å². The largest absolute Gasteiger partial charge is 0.326 e. The minimum absolute atomic E-state index is 0.00628. The third-order valence-corrected chi connectivity index (χ3v) is 5.26. The molecule has 0 radical (unpaired) electrons. The van der Waals surface area contributed by atoms with E-state index in [1.165, 1.54) is 5.56 Å². The van der Waals surface area contributed by atoms with Gasteiger partial charge in [-0.1, -0.05) is 38.5 Å². The second-order valence-corrected chi connectivity index (χ2v) is 7.13. The minimum Gasteiger partial charge on any atom is -0.326 e. The van der Waals surface area contributed by atoms with Gasteiger partial charge in [-0.25, -0.2) is 0 Å². The van der Waals surface area contributed by atoms with Crippen molar-refractivity contribution in [2.45, 2.75) is 51.9 Å². The molecule has 0 aliphatic heterocycles. The normalized spacial score (nSPS) is 27.8. The highest BCUT2D eigenvalue weighted by atomic mass is 16.2. The monoisotopic (exact) mass is 299 g/mol. The van der Waals surface area contributed by atoms with Gasteiger partial charge in [0.15, 0.2) is 0 Å². The van der Waals surface area contributed by atoms with Crippen molar-refractivity contribution in [3.63, 3.8) is 0 Å². The quantitative estimate of drug-likeness (QED) is 0.911. The van der Waals surface area contributed by atoms with Crippen molar-refractivity contribution >= 4 is 17.4 Å². The van der Waals surface area contributed by atoms with Crippen LogP contribution in [0.3, 0.4) is 0 Å². The van der Waals surface area contributed by atoms with Crippen LogP contribution in [0.1, 0.15) is 57.4 Å².